The zero-order valence-electron chi connectivity index (χ0n) is 20.4. The lowest BCUT2D eigenvalue weighted by molar-refractivity contribution is -0.143. The van der Waals surface area contributed by atoms with E-state index in [1.807, 2.05) is 0 Å². The molecule has 2 aromatic heterocycles. The summed E-state index contributed by atoms with van der Waals surface area (Å²) in [6, 6.07) is 6.39. The molecule has 1 fully saturated rings. The highest BCUT2D eigenvalue weighted by Crippen LogP contribution is 2.30. The van der Waals surface area contributed by atoms with Gasteiger partial charge in [-0.15, -0.1) is 5.10 Å². The number of pyridine rings is 1. The van der Waals surface area contributed by atoms with E-state index in [0.29, 0.717) is 41.4 Å². The fourth-order valence-corrected chi connectivity index (χ4v) is 4.24. The smallest absolute Gasteiger partial charge is 0.407 e. The van der Waals surface area contributed by atoms with Crippen molar-refractivity contribution in [3.63, 3.8) is 0 Å². The number of aliphatic carboxylic acids is 1. The summed E-state index contributed by atoms with van der Waals surface area (Å²) < 4.78 is 39.6. The molecule has 2 atom stereocenters. The molecule has 12 heteroatoms. The first-order valence-corrected chi connectivity index (χ1v) is 11.8. The third-order valence-electron chi connectivity index (χ3n) is 6.26. The molecule has 1 saturated carbocycles. The first kappa shape index (κ1) is 26.0. The summed E-state index contributed by atoms with van der Waals surface area (Å²) >= 11 is 0. The van der Waals surface area contributed by atoms with Gasteiger partial charge in [-0.25, -0.2) is 23.2 Å². The zero-order chi connectivity index (χ0) is 26.5. The van der Waals surface area contributed by atoms with E-state index in [2.05, 4.69) is 20.6 Å². The van der Waals surface area contributed by atoms with Gasteiger partial charge in [0.05, 0.1) is 35.6 Å². The minimum atomic E-state index is -0.823. The maximum absolute atomic E-state index is 13.7. The van der Waals surface area contributed by atoms with E-state index in [0.717, 1.165) is 31.0 Å². The molecule has 10 nitrogen and oxygen atoms in total. The largest absolute Gasteiger partial charge is 0.489 e. The van der Waals surface area contributed by atoms with Crippen molar-refractivity contribution in [2.45, 2.75) is 51.9 Å². The minimum absolute atomic E-state index is 0.000922. The second-order valence-corrected chi connectivity index (χ2v) is 8.90. The Labute approximate surface area is 211 Å². The van der Waals surface area contributed by atoms with Crippen LogP contribution in [0.3, 0.4) is 0 Å². The number of carboxylic acid groups (broad SMARTS) is 1. The summed E-state index contributed by atoms with van der Waals surface area (Å²) in [6.45, 7) is 1.36. The Morgan fingerprint density at radius 1 is 1.22 bits per heavy atom. The van der Waals surface area contributed by atoms with Crippen molar-refractivity contribution in [2.75, 3.05) is 0 Å². The predicted octanol–water partition coefficient (Wildman–Crippen LogP) is 3.91. The number of hydrogen-bond acceptors (Lipinski definition) is 7. The molecule has 196 valence electrons. The molecule has 1 aliphatic rings. The molecule has 0 spiro atoms. The van der Waals surface area contributed by atoms with Crippen molar-refractivity contribution < 1.29 is 33.0 Å². The van der Waals surface area contributed by atoms with Crippen LogP contribution < -0.4 is 10.1 Å². The Bertz CT molecular complexity index is 1300. The van der Waals surface area contributed by atoms with Crippen molar-refractivity contribution in [3.8, 4) is 17.1 Å². The monoisotopic (exact) mass is 515 g/mol. The second-order valence-electron chi connectivity index (χ2n) is 8.90. The van der Waals surface area contributed by atoms with Gasteiger partial charge in [0, 0.05) is 12.6 Å². The molecule has 3 aromatic rings. The van der Waals surface area contributed by atoms with Crippen LogP contribution >= 0.6 is 0 Å². The standard InChI is InChI=1S/C25H27F2N5O5/c1-14-22(37-18-5-3-4-15(11-18)24(33)34)9-8-20(29-14)23-21(32(2)31-30-23)12-28-25(35)36-13-16-10-17(26)6-7-19(16)27/h6-10,15,18H,3-5,11-13H2,1-2H3,(H,28,35)(H,33,34)/t15-,18-/m0/s1. The van der Waals surface area contributed by atoms with E-state index in [9.17, 15) is 23.5 Å². The molecule has 1 amide bonds. The molecule has 2 N–H and O–H groups in total. The molecule has 37 heavy (non-hydrogen) atoms. The molecular weight excluding hydrogens is 488 g/mol. The van der Waals surface area contributed by atoms with Crippen LogP contribution in [0.5, 0.6) is 5.75 Å². The number of hydrogen-bond donors (Lipinski definition) is 2. The molecule has 2 heterocycles. The number of ether oxygens (including phenoxy) is 2. The van der Waals surface area contributed by atoms with Gasteiger partial charge in [0.2, 0.25) is 0 Å². The number of rotatable bonds is 8. The molecule has 0 aliphatic heterocycles. The highest BCUT2D eigenvalue weighted by Gasteiger charge is 2.28. The summed E-state index contributed by atoms with van der Waals surface area (Å²) in [5, 5.41) is 20.0. The number of carbonyl (C=O) groups excluding carboxylic acids is 1. The van der Waals surface area contributed by atoms with Gasteiger partial charge < -0.3 is 19.9 Å². The van der Waals surface area contributed by atoms with Gasteiger partial charge in [0.25, 0.3) is 0 Å². The summed E-state index contributed by atoms with van der Waals surface area (Å²) in [4.78, 5) is 28.1. The topological polar surface area (TPSA) is 128 Å². The highest BCUT2D eigenvalue weighted by atomic mass is 19.1. The molecule has 0 radical (unpaired) electrons. The minimum Gasteiger partial charge on any atom is -0.489 e. The number of carboxylic acids is 1. The van der Waals surface area contributed by atoms with Crippen LogP contribution in [0.4, 0.5) is 13.6 Å². The summed E-state index contributed by atoms with van der Waals surface area (Å²) in [5.41, 5.74) is 2.03. The van der Waals surface area contributed by atoms with Crippen LogP contribution in [0.15, 0.2) is 30.3 Å². The third-order valence-corrected chi connectivity index (χ3v) is 6.26. The lowest BCUT2D eigenvalue weighted by atomic mass is 9.87. The first-order valence-electron chi connectivity index (χ1n) is 11.8. The number of carbonyl (C=O) groups is 2. The van der Waals surface area contributed by atoms with Crippen LogP contribution in [0.2, 0.25) is 0 Å². The van der Waals surface area contributed by atoms with Crippen molar-refractivity contribution >= 4 is 12.1 Å². The fraction of sp³-hybridized carbons (Fsp3) is 0.400. The van der Waals surface area contributed by atoms with Crippen LogP contribution in [0.25, 0.3) is 11.4 Å². The SMILES string of the molecule is Cc1nc(-c2nnn(C)c2CNC(=O)OCc2cc(F)ccc2F)ccc1O[C@H]1CCC[C@H](C(=O)O)C1. The maximum Gasteiger partial charge on any atom is 0.407 e. The number of amides is 1. The number of benzene rings is 1. The Kier molecular flexibility index (Phi) is 7.95. The van der Waals surface area contributed by atoms with Gasteiger partial charge >= 0.3 is 12.1 Å². The zero-order valence-corrected chi connectivity index (χ0v) is 20.4. The summed E-state index contributed by atoms with van der Waals surface area (Å²) in [7, 11) is 1.66. The van der Waals surface area contributed by atoms with Crippen LogP contribution in [-0.4, -0.2) is 43.3 Å². The molecular formula is C25H27F2N5O5. The van der Waals surface area contributed by atoms with E-state index >= 15 is 0 Å². The quantitative estimate of drug-likeness (QED) is 0.462. The Morgan fingerprint density at radius 3 is 2.78 bits per heavy atom. The van der Waals surface area contributed by atoms with E-state index in [1.54, 1.807) is 26.1 Å². The predicted molar refractivity (Wildman–Crippen MR) is 126 cm³/mol. The summed E-state index contributed by atoms with van der Waals surface area (Å²) in [6.07, 6.45) is 1.68. The van der Waals surface area contributed by atoms with E-state index in [-0.39, 0.29) is 18.2 Å². The molecule has 0 bridgehead atoms. The van der Waals surface area contributed by atoms with E-state index in [1.165, 1.54) is 4.68 Å². The summed E-state index contributed by atoms with van der Waals surface area (Å²) in [5.74, 6) is -1.94. The van der Waals surface area contributed by atoms with Crippen molar-refractivity contribution in [1.29, 1.82) is 0 Å². The third kappa shape index (κ3) is 6.38. The van der Waals surface area contributed by atoms with Crippen molar-refractivity contribution in [1.82, 2.24) is 25.3 Å². The Morgan fingerprint density at radius 2 is 2.03 bits per heavy atom. The van der Waals surface area contributed by atoms with Crippen LogP contribution in [0.1, 0.15) is 42.6 Å². The lowest BCUT2D eigenvalue weighted by Gasteiger charge is -2.27. The number of alkyl carbamates (subject to hydrolysis) is 1. The average Bonchev–Trinajstić information content (AvgIpc) is 3.24. The van der Waals surface area contributed by atoms with E-state index in [4.69, 9.17) is 9.47 Å². The van der Waals surface area contributed by atoms with Crippen LogP contribution in [-0.2, 0) is 29.7 Å². The van der Waals surface area contributed by atoms with Gasteiger partial charge in [-0.3, -0.25) is 4.79 Å². The molecule has 1 aromatic carbocycles. The van der Waals surface area contributed by atoms with Gasteiger partial charge in [-0.05, 0) is 62.9 Å². The van der Waals surface area contributed by atoms with Crippen LogP contribution in [0, 0.1) is 24.5 Å². The van der Waals surface area contributed by atoms with E-state index < -0.39 is 36.2 Å². The molecule has 1 aliphatic carbocycles. The maximum atomic E-state index is 13.7. The Balaban J connectivity index is 1.39. The molecule has 0 unspecified atom stereocenters. The molecule has 4 rings (SSSR count). The van der Waals surface area contributed by atoms with Gasteiger partial charge in [0.1, 0.15) is 29.7 Å². The number of aromatic nitrogens is 4. The average molecular weight is 516 g/mol. The first-order chi connectivity index (χ1) is 17.7. The van der Waals surface area contributed by atoms with Crippen molar-refractivity contribution in [3.05, 3.63) is 58.9 Å². The molecule has 0 saturated heterocycles. The van der Waals surface area contributed by atoms with Gasteiger partial charge in [-0.1, -0.05) is 5.21 Å². The normalized spacial score (nSPS) is 17.3. The highest BCUT2D eigenvalue weighted by molar-refractivity contribution is 5.70. The number of aryl methyl sites for hydroxylation is 2. The Hall–Kier alpha value is -4.09. The lowest BCUT2D eigenvalue weighted by Crippen LogP contribution is -2.29. The van der Waals surface area contributed by atoms with Crippen molar-refractivity contribution in [2.24, 2.45) is 13.0 Å². The second kappa shape index (κ2) is 11.3. The fourth-order valence-electron chi connectivity index (χ4n) is 4.24. The van der Waals surface area contributed by atoms with Gasteiger partial charge in [0.15, 0.2) is 0 Å². The number of nitrogens with one attached hydrogen (secondary N) is 1. The van der Waals surface area contributed by atoms with Gasteiger partial charge in [-0.2, -0.15) is 0 Å². The number of halogens is 2. The number of nitrogens with zero attached hydrogens (tertiary/aromatic N) is 4.